The lowest BCUT2D eigenvalue weighted by atomic mass is 10.1. The van der Waals surface area contributed by atoms with E-state index in [-0.39, 0.29) is 17.9 Å². The van der Waals surface area contributed by atoms with Crippen molar-refractivity contribution in [3.05, 3.63) is 24.0 Å². The molecule has 0 bridgehead atoms. The average Bonchev–Trinajstić information content (AvgIpc) is 3.08. The van der Waals surface area contributed by atoms with Crippen molar-refractivity contribution in [3.8, 4) is 0 Å². The van der Waals surface area contributed by atoms with Gasteiger partial charge in [0.25, 0.3) is 0 Å². The first-order valence-corrected chi connectivity index (χ1v) is 10.9. The Labute approximate surface area is 183 Å². The van der Waals surface area contributed by atoms with Gasteiger partial charge in [0.1, 0.15) is 17.9 Å². The normalized spacial score (nSPS) is 11.8. The van der Waals surface area contributed by atoms with E-state index in [9.17, 15) is 4.79 Å². The fourth-order valence-corrected chi connectivity index (χ4v) is 3.41. The predicted molar refractivity (Wildman–Crippen MR) is 124 cm³/mol. The summed E-state index contributed by atoms with van der Waals surface area (Å²) >= 11 is 0. The van der Waals surface area contributed by atoms with Crippen molar-refractivity contribution in [1.82, 2.24) is 14.5 Å². The van der Waals surface area contributed by atoms with Crippen LogP contribution in [0, 0.1) is 5.92 Å². The van der Waals surface area contributed by atoms with Crippen molar-refractivity contribution in [2.24, 2.45) is 5.92 Å². The van der Waals surface area contributed by atoms with Gasteiger partial charge < -0.3 is 25.1 Å². The fraction of sp³-hybridized carbons (Fsp3) is 0.522. The Hall–Kier alpha value is -2.71. The first kappa shape index (κ1) is 23.0. The molecule has 3 rings (SSSR count). The molecule has 31 heavy (non-hydrogen) atoms. The highest BCUT2D eigenvalue weighted by Crippen LogP contribution is 2.31. The maximum Gasteiger partial charge on any atom is 0.226 e. The lowest BCUT2D eigenvalue weighted by Gasteiger charge is -2.13. The van der Waals surface area contributed by atoms with Crippen LogP contribution in [0.15, 0.2) is 18.2 Å². The molecule has 3 aromatic rings. The third-order valence-corrected chi connectivity index (χ3v) is 4.99. The number of fused-ring (bicyclic) bond motifs is 3. The number of carbonyl (C=O) groups excluding carboxylic acids is 1. The SMILES string of the molecule is CCOCc1nc2c(N)nc3cc(NC(=O)C(C)C)ccc3c2n1CCCOC(C)C. The second-order valence-electron chi connectivity index (χ2n) is 8.16. The van der Waals surface area contributed by atoms with Gasteiger partial charge in [-0.25, -0.2) is 9.97 Å². The molecule has 0 spiro atoms. The van der Waals surface area contributed by atoms with E-state index < -0.39 is 0 Å². The van der Waals surface area contributed by atoms with Gasteiger partial charge in [-0.2, -0.15) is 0 Å². The van der Waals surface area contributed by atoms with E-state index in [1.165, 1.54) is 0 Å². The van der Waals surface area contributed by atoms with E-state index in [4.69, 9.17) is 20.2 Å². The number of aryl methyl sites for hydroxylation is 1. The smallest absolute Gasteiger partial charge is 0.226 e. The monoisotopic (exact) mass is 427 g/mol. The average molecular weight is 428 g/mol. The summed E-state index contributed by atoms with van der Waals surface area (Å²) in [5.41, 5.74) is 9.31. The number of rotatable bonds is 10. The maximum absolute atomic E-state index is 12.1. The Morgan fingerprint density at radius 1 is 1.23 bits per heavy atom. The summed E-state index contributed by atoms with van der Waals surface area (Å²) in [6.45, 7) is 12.1. The molecule has 0 aliphatic heterocycles. The second-order valence-corrected chi connectivity index (χ2v) is 8.16. The van der Waals surface area contributed by atoms with Crippen molar-refractivity contribution < 1.29 is 14.3 Å². The lowest BCUT2D eigenvalue weighted by molar-refractivity contribution is -0.118. The first-order chi connectivity index (χ1) is 14.8. The van der Waals surface area contributed by atoms with Crippen LogP contribution in [0.5, 0.6) is 0 Å². The largest absolute Gasteiger partial charge is 0.382 e. The summed E-state index contributed by atoms with van der Waals surface area (Å²) in [5, 5.41) is 3.86. The summed E-state index contributed by atoms with van der Waals surface area (Å²) in [7, 11) is 0. The minimum Gasteiger partial charge on any atom is -0.382 e. The summed E-state index contributed by atoms with van der Waals surface area (Å²) in [4.78, 5) is 21.4. The number of nitrogens with zero attached hydrogens (tertiary/aromatic N) is 3. The Morgan fingerprint density at radius 3 is 2.68 bits per heavy atom. The minimum atomic E-state index is -0.105. The van der Waals surface area contributed by atoms with E-state index in [0.717, 1.165) is 29.7 Å². The summed E-state index contributed by atoms with van der Waals surface area (Å²) in [6.07, 6.45) is 1.04. The van der Waals surface area contributed by atoms with Gasteiger partial charge in [0.2, 0.25) is 5.91 Å². The van der Waals surface area contributed by atoms with Crippen molar-refractivity contribution in [2.75, 3.05) is 24.3 Å². The number of nitrogens with one attached hydrogen (secondary N) is 1. The molecule has 2 aromatic heterocycles. The lowest BCUT2D eigenvalue weighted by Crippen LogP contribution is -2.17. The molecule has 0 saturated carbocycles. The summed E-state index contributed by atoms with van der Waals surface area (Å²) in [6, 6.07) is 5.71. The van der Waals surface area contributed by atoms with Crippen LogP contribution in [-0.2, 0) is 27.4 Å². The number of nitrogens with two attached hydrogens (primary N) is 1. The zero-order chi connectivity index (χ0) is 22.5. The highest BCUT2D eigenvalue weighted by atomic mass is 16.5. The molecule has 0 aliphatic rings. The van der Waals surface area contributed by atoms with Crippen LogP contribution >= 0.6 is 0 Å². The van der Waals surface area contributed by atoms with E-state index >= 15 is 0 Å². The van der Waals surface area contributed by atoms with Crippen molar-refractivity contribution in [3.63, 3.8) is 0 Å². The molecule has 2 heterocycles. The molecule has 8 nitrogen and oxygen atoms in total. The van der Waals surface area contributed by atoms with Crippen LogP contribution in [0.25, 0.3) is 21.9 Å². The standard InChI is InChI=1S/C23H33N5O3/c1-6-30-13-19-27-20-21(28(19)10-7-11-31-15(4)5)17-9-8-16(25-23(29)14(2)3)12-18(17)26-22(20)24/h8-9,12,14-15H,6-7,10-11,13H2,1-5H3,(H2,24,26)(H,25,29). The summed E-state index contributed by atoms with van der Waals surface area (Å²) < 4.78 is 13.5. The number of hydrogen-bond donors (Lipinski definition) is 2. The number of nitrogen functional groups attached to an aromatic ring is 1. The van der Waals surface area contributed by atoms with E-state index in [0.29, 0.717) is 42.4 Å². The van der Waals surface area contributed by atoms with E-state index in [2.05, 4.69) is 14.9 Å². The van der Waals surface area contributed by atoms with Crippen LogP contribution in [0.1, 0.15) is 46.9 Å². The molecule has 8 heteroatoms. The van der Waals surface area contributed by atoms with E-state index in [1.54, 1.807) is 0 Å². The number of aromatic nitrogens is 3. The van der Waals surface area contributed by atoms with Gasteiger partial charge in [-0.3, -0.25) is 4.79 Å². The van der Waals surface area contributed by atoms with Gasteiger partial charge in [0.05, 0.1) is 17.1 Å². The highest BCUT2D eigenvalue weighted by molar-refractivity contribution is 6.08. The van der Waals surface area contributed by atoms with Gasteiger partial charge >= 0.3 is 0 Å². The topological polar surface area (TPSA) is 104 Å². The van der Waals surface area contributed by atoms with Gasteiger partial charge in [0, 0.05) is 36.8 Å². The number of ether oxygens (including phenoxy) is 2. The summed E-state index contributed by atoms with van der Waals surface area (Å²) in [5.74, 6) is 1.04. The second kappa shape index (κ2) is 10.1. The molecule has 0 unspecified atom stereocenters. The molecule has 0 aliphatic carbocycles. The molecular weight excluding hydrogens is 394 g/mol. The molecule has 168 valence electrons. The number of amides is 1. The molecule has 1 aromatic carbocycles. The fourth-order valence-electron chi connectivity index (χ4n) is 3.41. The number of hydrogen-bond acceptors (Lipinski definition) is 6. The number of carbonyl (C=O) groups is 1. The van der Waals surface area contributed by atoms with Crippen LogP contribution in [0.2, 0.25) is 0 Å². The number of benzene rings is 1. The van der Waals surface area contributed by atoms with Gasteiger partial charge in [-0.15, -0.1) is 0 Å². The predicted octanol–water partition coefficient (Wildman–Crippen LogP) is 4.11. The molecule has 0 fully saturated rings. The molecule has 1 amide bonds. The number of anilines is 2. The zero-order valence-electron chi connectivity index (χ0n) is 19.1. The number of imidazole rings is 1. The third kappa shape index (κ3) is 5.32. The van der Waals surface area contributed by atoms with Crippen molar-refractivity contribution in [2.45, 2.75) is 60.3 Å². The van der Waals surface area contributed by atoms with Gasteiger partial charge in [-0.1, -0.05) is 13.8 Å². The maximum atomic E-state index is 12.1. The highest BCUT2D eigenvalue weighted by Gasteiger charge is 2.18. The van der Waals surface area contributed by atoms with Crippen LogP contribution in [0.4, 0.5) is 11.5 Å². The molecule has 0 saturated heterocycles. The van der Waals surface area contributed by atoms with Crippen LogP contribution < -0.4 is 11.1 Å². The molecular formula is C23H33N5O3. The minimum absolute atomic E-state index is 0.0393. The van der Waals surface area contributed by atoms with Crippen molar-refractivity contribution >= 4 is 39.3 Å². The van der Waals surface area contributed by atoms with Crippen LogP contribution in [-0.4, -0.2) is 39.8 Å². The quantitative estimate of drug-likeness (QED) is 0.472. The molecule has 0 atom stereocenters. The Morgan fingerprint density at radius 2 is 2.00 bits per heavy atom. The Balaban J connectivity index is 2.05. The van der Waals surface area contributed by atoms with Gasteiger partial charge in [-0.05, 0) is 45.4 Å². The molecule has 0 radical (unpaired) electrons. The van der Waals surface area contributed by atoms with Crippen LogP contribution in [0.3, 0.4) is 0 Å². The van der Waals surface area contributed by atoms with E-state index in [1.807, 2.05) is 52.8 Å². The molecule has 3 N–H and O–H groups in total. The Bertz CT molecular complexity index is 1060. The van der Waals surface area contributed by atoms with Crippen molar-refractivity contribution in [1.29, 1.82) is 0 Å². The number of pyridine rings is 1. The van der Waals surface area contributed by atoms with Gasteiger partial charge in [0.15, 0.2) is 5.82 Å². The third-order valence-electron chi connectivity index (χ3n) is 4.99. The first-order valence-electron chi connectivity index (χ1n) is 10.9. The Kier molecular flexibility index (Phi) is 7.46. The zero-order valence-corrected chi connectivity index (χ0v) is 19.1.